The van der Waals surface area contributed by atoms with Crippen molar-refractivity contribution in [3.8, 4) is 11.1 Å². The maximum absolute atomic E-state index is 14.0. The van der Waals surface area contributed by atoms with Crippen LogP contribution in [0.1, 0.15) is 46.9 Å². The molecule has 0 fully saturated rings. The van der Waals surface area contributed by atoms with E-state index in [1.165, 1.54) is 11.3 Å². The molecular formula is C31H32N4O3S2. The maximum Gasteiger partial charge on any atom is 0.258 e. The molecule has 3 N–H and O–H groups in total. The standard InChI is InChI=1S/C31H32N4O3S2/c1-19(2)22-12-11-20(3)30-26(15-22)21(4)14-29(30)40(37,38)35-28(31(36)34-33-18-24-8-7-13-39-24)16-23-17-32-27-10-6-5-9-25(23)27/h5-15,17-19,28,32,35H,16H2,1-4H3,(H,34,36)/b33-18+. The molecule has 2 heterocycles. The number of benzene rings is 1. The van der Waals surface area contributed by atoms with E-state index in [4.69, 9.17) is 0 Å². The van der Waals surface area contributed by atoms with Crippen LogP contribution in [0.15, 0.2) is 82.2 Å². The predicted molar refractivity (Wildman–Crippen MR) is 163 cm³/mol. The van der Waals surface area contributed by atoms with Crippen LogP contribution in [0.4, 0.5) is 0 Å². The predicted octanol–water partition coefficient (Wildman–Crippen LogP) is 6.11. The third-order valence-electron chi connectivity index (χ3n) is 7.10. The number of nitrogens with zero attached hydrogens (tertiary/aromatic N) is 1. The number of aromatic nitrogens is 1. The highest BCUT2D eigenvalue weighted by atomic mass is 32.2. The Balaban J connectivity index is 1.50. The first-order valence-corrected chi connectivity index (χ1v) is 15.5. The molecule has 2 aliphatic rings. The number of nitrogens with one attached hydrogen (secondary N) is 3. The molecule has 1 atom stereocenters. The molecule has 0 spiro atoms. The minimum Gasteiger partial charge on any atom is -0.361 e. The lowest BCUT2D eigenvalue weighted by Crippen LogP contribution is -2.46. The Labute approximate surface area is 238 Å². The number of H-pyrrole nitrogens is 1. The largest absolute Gasteiger partial charge is 0.361 e. The lowest BCUT2D eigenvalue weighted by Gasteiger charge is -2.18. The Hall–Kier alpha value is -3.79. The topological polar surface area (TPSA) is 103 Å². The van der Waals surface area contributed by atoms with Gasteiger partial charge in [0.2, 0.25) is 10.0 Å². The minimum atomic E-state index is -4.09. The number of carbonyl (C=O) groups excluding carboxylic acids is 1. The molecular weight excluding hydrogens is 541 g/mol. The molecule has 7 nitrogen and oxygen atoms in total. The Kier molecular flexibility index (Phi) is 7.89. The third-order valence-corrected chi connectivity index (χ3v) is 9.40. The molecule has 2 aromatic heterocycles. The lowest BCUT2D eigenvalue weighted by molar-refractivity contribution is -0.122. The zero-order chi connectivity index (χ0) is 28.4. The molecule has 206 valence electrons. The zero-order valence-corrected chi connectivity index (χ0v) is 24.5. The van der Waals surface area contributed by atoms with Crippen LogP contribution in [0.25, 0.3) is 22.0 Å². The Morgan fingerprint density at radius 1 is 1.05 bits per heavy atom. The van der Waals surface area contributed by atoms with Crippen LogP contribution in [-0.2, 0) is 21.2 Å². The molecule has 1 amide bonds. The van der Waals surface area contributed by atoms with Crippen molar-refractivity contribution in [2.75, 3.05) is 0 Å². The second-order valence-electron chi connectivity index (χ2n) is 10.3. The number of thiophene rings is 1. The molecule has 0 saturated heterocycles. The van der Waals surface area contributed by atoms with E-state index in [-0.39, 0.29) is 11.3 Å². The van der Waals surface area contributed by atoms with Crippen molar-refractivity contribution in [2.45, 2.75) is 51.0 Å². The molecule has 2 aliphatic carbocycles. The average molecular weight is 573 g/mol. The van der Waals surface area contributed by atoms with E-state index in [1.54, 1.807) is 12.3 Å². The van der Waals surface area contributed by atoms with Gasteiger partial charge < -0.3 is 4.98 Å². The van der Waals surface area contributed by atoms with Crippen LogP contribution in [0.3, 0.4) is 0 Å². The van der Waals surface area contributed by atoms with E-state index in [0.29, 0.717) is 11.5 Å². The fraction of sp³-hybridized carbons (Fsp3) is 0.226. The van der Waals surface area contributed by atoms with Gasteiger partial charge in [-0.15, -0.1) is 11.3 Å². The van der Waals surface area contributed by atoms with Crippen LogP contribution in [-0.4, -0.2) is 31.6 Å². The summed E-state index contributed by atoms with van der Waals surface area (Å²) in [6.07, 6.45) is 3.50. The smallest absolute Gasteiger partial charge is 0.258 e. The highest BCUT2D eigenvalue weighted by Gasteiger charge is 2.31. The van der Waals surface area contributed by atoms with Gasteiger partial charge in [-0.3, -0.25) is 4.79 Å². The van der Waals surface area contributed by atoms with Crippen molar-refractivity contribution in [3.63, 3.8) is 0 Å². The van der Waals surface area contributed by atoms with Crippen LogP contribution in [0, 0.1) is 13.8 Å². The number of rotatable bonds is 9. The number of amides is 1. The number of aromatic amines is 1. The summed E-state index contributed by atoms with van der Waals surface area (Å²) in [6, 6.07) is 18.2. The molecule has 5 rings (SSSR count). The molecule has 40 heavy (non-hydrogen) atoms. The second kappa shape index (κ2) is 11.4. The van der Waals surface area contributed by atoms with Gasteiger partial charge in [-0.2, -0.15) is 9.82 Å². The minimum absolute atomic E-state index is 0.144. The Morgan fingerprint density at radius 2 is 1.85 bits per heavy atom. The molecule has 9 heteroatoms. The fourth-order valence-corrected chi connectivity index (χ4v) is 7.07. The van der Waals surface area contributed by atoms with E-state index < -0.39 is 22.0 Å². The Morgan fingerprint density at radius 3 is 2.60 bits per heavy atom. The number of hydrogen-bond donors (Lipinski definition) is 3. The van der Waals surface area contributed by atoms with Crippen molar-refractivity contribution in [2.24, 2.45) is 5.10 Å². The zero-order valence-electron chi connectivity index (χ0n) is 22.9. The van der Waals surface area contributed by atoms with Crippen LogP contribution in [0.2, 0.25) is 0 Å². The number of para-hydroxylation sites is 1. The van der Waals surface area contributed by atoms with Crippen molar-refractivity contribution in [1.82, 2.24) is 15.1 Å². The van der Waals surface area contributed by atoms with Crippen LogP contribution < -0.4 is 10.1 Å². The molecule has 3 aromatic rings. The summed E-state index contributed by atoms with van der Waals surface area (Å²) < 4.78 is 30.6. The van der Waals surface area contributed by atoms with E-state index >= 15 is 0 Å². The molecule has 1 unspecified atom stereocenters. The molecule has 0 aliphatic heterocycles. The number of hydrazone groups is 1. The first-order valence-electron chi connectivity index (χ1n) is 13.1. The summed E-state index contributed by atoms with van der Waals surface area (Å²) in [4.78, 5) is 17.6. The first kappa shape index (κ1) is 27.8. The highest BCUT2D eigenvalue weighted by Crippen LogP contribution is 2.38. The van der Waals surface area contributed by atoms with Gasteiger partial charge in [0.05, 0.1) is 11.1 Å². The number of carbonyl (C=O) groups is 1. The molecule has 0 radical (unpaired) electrons. The van der Waals surface area contributed by atoms with Gasteiger partial charge in [0.25, 0.3) is 5.91 Å². The maximum atomic E-state index is 14.0. The Bertz CT molecular complexity index is 1770. The number of hydrogen-bond acceptors (Lipinski definition) is 5. The second-order valence-corrected chi connectivity index (χ2v) is 12.9. The first-order chi connectivity index (χ1) is 19.1. The lowest BCUT2D eigenvalue weighted by atomic mass is 10.0. The van der Waals surface area contributed by atoms with Gasteiger partial charge in [-0.25, -0.2) is 13.8 Å². The van der Waals surface area contributed by atoms with E-state index in [1.807, 2.05) is 74.0 Å². The van der Waals surface area contributed by atoms with Gasteiger partial charge in [0, 0.05) is 27.5 Å². The van der Waals surface area contributed by atoms with Crippen molar-refractivity contribution in [1.29, 1.82) is 0 Å². The normalized spacial score (nSPS) is 13.0. The van der Waals surface area contributed by atoms with Gasteiger partial charge in [-0.1, -0.05) is 56.3 Å². The fourth-order valence-electron chi connectivity index (χ4n) is 4.92. The highest BCUT2D eigenvalue weighted by molar-refractivity contribution is 7.89. The number of fused-ring (bicyclic) bond motifs is 2. The summed E-state index contributed by atoms with van der Waals surface area (Å²) in [5, 5.41) is 6.92. The SMILES string of the molecule is Cc1cc(S(=O)(=O)NC(Cc2c[nH]c3ccccc23)C(=O)N/N=C/c2cccs2)c2c(C)ccc(C(C)C)cc1-2. The monoisotopic (exact) mass is 572 g/mol. The van der Waals surface area contributed by atoms with Gasteiger partial charge >= 0.3 is 0 Å². The number of aryl methyl sites for hydroxylation is 2. The summed E-state index contributed by atoms with van der Waals surface area (Å²) in [5.74, 6) is -0.250. The van der Waals surface area contributed by atoms with Gasteiger partial charge in [-0.05, 0) is 77.6 Å². The van der Waals surface area contributed by atoms with Crippen molar-refractivity contribution < 1.29 is 13.2 Å². The number of sulfonamides is 1. The van der Waals surface area contributed by atoms with E-state index in [2.05, 4.69) is 40.1 Å². The summed E-state index contributed by atoms with van der Waals surface area (Å²) in [5.41, 5.74) is 8.69. The van der Waals surface area contributed by atoms with Crippen molar-refractivity contribution >= 4 is 44.4 Å². The van der Waals surface area contributed by atoms with Crippen molar-refractivity contribution in [3.05, 3.63) is 99.4 Å². The van der Waals surface area contributed by atoms with Crippen LogP contribution >= 0.6 is 11.3 Å². The third kappa shape index (κ3) is 5.72. The van der Waals surface area contributed by atoms with Crippen LogP contribution in [0.5, 0.6) is 0 Å². The summed E-state index contributed by atoms with van der Waals surface area (Å²) >= 11 is 1.49. The van der Waals surface area contributed by atoms with Gasteiger partial charge in [0.1, 0.15) is 6.04 Å². The van der Waals surface area contributed by atoms with E-state index in [0.717, 1.165) is 43.6 Å². The summed E-state index contributed by atoms with van der Waals surface area (Å²) in [6.45, 7) is 8.06. The summed E-state index contributed by atoms with van der Waals surface area (Å²) in [7, 11) is -4.09. The van der Waals surface area contributed by atoms with Gasteiger partial charge in [0.15, 0.2) is 0 Å². The molecule has 0 saturated carbocycles. The molecule has 0 bridgehead atoms. The molecule has 1 aromatic carbocycles. The average Bonchev–Trinajstić information content (AvgIpc) is 3.63. The van der Waals surface area contributed by atoms with E-state index in [9.17, 15) is 13.2 Å². The quantitative estimate of drug-likeness (QED) is 0.147.